The molecule has 2 rings (SSSR count). The Morgan fingerprint density at radius 1 is 1.16 bits per heavy atom. The van der Waals surface area contributed by atoms with Crippen LogP contribution in [0.4, 0.5) is 0 Å². The molecular formula is C16H15BrOS. The summed E-state index contributed by atoms with van der Waals surface area (Å²) in [5.74, 6) is 0.659. The first-order valence-corrected chi connectivity index (χ1v) is 7.83. The van der Waals surface area contributed by atoms with Crippen LogP contribution in [-0.2, 0) is 0 Å². The molecule has 0 aliphatic heterocycles. The SMILES string of the molecule is Cc1ccc(C)c(C(=O)CSc2cccc(Br)c2)c1. The van der Waals surface area contributed by atoms with Crippen LogP contribution in [0, 0.1) is 13.8 Å². The standard InChI is InChI=1S/C16H15BrOS/c1-11-6-7-12(2)15(8-11)16(18)10-19-14-5-3-4-13(17)9-14/h3-9H,10H2,1-2H3. The Balaban J connectivity index is 2.07. The van der Waals surface area contributed by atoms with Gasteiger partial charge in [0.15, 0.2) is 5.78 Å². The summed E-state index contributed by atoms with van der Waals surface area (Å²) >= 11 is 5.01. The van der Waals surface area contributed by atoms with Gasteiger partial charge in [-0.1, -0.05) is 39.7 Å². The van der Waals surface area contributed by atoms with Crippen LogP contribution in [0.1, 0.15) is 21.5 Å². The van der Waals surface area contributed by atoms with Gasteiger partial charge in [-0.15, -0.1) is 11.8 Å². The summed E-state index contributed by atoms with van der Waals surface area (Å²) in [6.07, 6.45) is 0. The molecule has 0 spiro atoms. The highest BCUT2D eigenvalue weighted by molar-refractivity contribution is 9.10. The molecule has 0 bridgehead atoms. The molecule has 0 heterocycles. The van der Waals surface area contributed by atoms with Crippen LogP contribution < -0.4 is 0 Å². The molecular weight excluding hydrogens is 320 g/mol. The Hall–Kier alpha value is -1.06. The molecule has 0 radical (unpaired) electrons. The molecule has 98 valence electrons. The molecule has 0 saturated carbocycles. The summed E-state index contributed by atoms with van der Waals surface area (Å²) in [4.78, 5) is 13.3. The van der Waals surface area contributed by atoms with Crippen LogP contribution in [0.3, 0.4) is 0 Å². The van der Waals surface area contributed by atoms with Gasteiger partial charge in [0.2, 0.25) is 0 Å². The Morgan fingerprint density at radius 3 is 2.68 bits per heavy atom. The number of hydrogen-bond acceptors (Lipinski definition) is 2. The number of carbonyl (C=O) groups excluding carboxylic acids is 1. The molecule has 0 aliphatic carbocycles. The zero-order valence-electron chi connectivity index (χ0n) is 10.9. The van der Waals surface area contributed by atoms with Gasteiger partial charge in [0.1, 0.15) is 0 Å². The minimum atomic E-state index is 0.186. The quantitative estimate of drug-likeness (QED) is 0.575. The van der Waals surface area contributed by atoms with Crippen molar-refractivity contribution in [3.8, 4) is 0 Å². The van der Waals surface area contributed by atoms with Gasteiger partial charge < -0.3 is 0 Å². The van der Waals surface area contributed by atoms with Crippen molar-refractivity contribution in [3.63, 3.8) is 0 Å². The van der Waals surface area contributed by atoms with Gasteiger partial charge in [0, 0.05) is 14.9 Å². The predicted octanol–water partition coefficient (Wildman–Crippen LogP) is 5.04. The maximum absolute atomic E-state index is 12.2. The van der Waals surface area contributed by atoms with E-state index in [2.05, 4.69) is 15.9 Å². The fourth-order valence-electron chi connectivity index (χ4n) is 1.82. The van der Waals surface area contributed by atoms with Gasteiger partial charge in [0.05, 0.1) is 5.75 Å². The van der Waals surface area contributed by atoms with Crippen molar-refractivity contribution in [1.82, 2.24) is 0 Å². The number of carbonyl (C=O) groups is 1. The molecule has 0 unspecified atom stereocenters. The average Bonchev–Trinajstić information content (AvgIpc) is 2.39. The first kappa shape index (κ1) is 14.4. The fraction of sp³-hybridized carbons (Fsp3) is 0.188. The topological polar surface area (TPSA) is 17.1 Å². The van der Waals surface area contributed by atoms with Gasteiger partial charge in [-0.25, -0.2) is 0 Å². The summed E-state index contributed by atoms with van der Waals surface area (Å²) < 4.78 is 1.04. The molecule has 3 heteroatoms. The zero-order chi connectivity index (χ0) is 13.8. The van der Waals surface area contributed by atoms with Gasteiger partial charge in [-0.2, -0.15) is 0 Å². The number of thioether (sulfide) groups is 1. The van der Waals surface area contributed by atoms with Crippen molar-refractivity contribution in [3.05, 3.63) is 63.6 Å². The van der Waals surface area contributed by atoms with E-state index in [1.54, 1.807) is 11.8 Å². The van der Waals surface area contributed by atoms with Crippen LogP contribution >= 0.6 is 27.7 Å². The highest BCUT2D eigenvalue weighted by Gasteiger charge is 2.10. The lowest BCUT2D eigenvalue weighted by Gasteiger charge is -2.06. The number of aryl methyl sites for hydroxylation is 2. The molecule has 2 aromatic carbocycles. The Morgan fingerprint density at radius 2 is 1.95 bits per heavy atom. The number of ketones is 1. The second-order valence-electron chi connectivity index (χ2n) is 4.49. The first-order chi connectivity index (χ1) is 9.06. The zero-order valence-corrected chi connectivity index (χ0v) is 13.3. The van der Waals surface area contributed by atoms with Gasteiger partial charge in [0.25, 0.3) is 0 Å². The minimum absolute atomic E-state index is 0.186. The summed E-state index contributed by atoms with van der Waals surface area (Å²) in [6.45, 7) is 3.99. The first-order valence-electron chi connectivity index (χ1n) is 6.05. The van der Waals surface area contributed by atoms with E-state index in [-0.39, 0.29) is 5.78 Å². The highest BCUT2D eigenvalue weighted by Crippen LogP contribution is 2.23. The molecule has 0 atom stereocenters. The lowest BCUT2D eigenvalue weighted by molar-refractivity contribution is 0.102. The molecule has 19 heavy (non-hydrogen) atoms. The maximum Gasteiger partial charge on any atom is 0.173 e. The summed E-state index contributed by atoms with van der Waals surface area (Å²) in [5.41, 5.74) is 3.01. The number of hydrogen-bond donors (Lipinski definition) is 0. The largest absolute Gasteiger partial charge is 0.293 e. The number of rotatable bonds is 4. The molecule has 0 N–H and O–H groups in total. The lowest BCUT2D eigenvalue weighted by Crippen LogP contribution is -2.05. The monoisotopic (exact) mass is 334 g/mol. The summed E-state index contributed by atoms with van der Waals surface area (Å²) in [6, 6.07) is 14.0. The van der Waals surface area contributed by atoms with Crippen LogP contribution in [0.25, 0.3) is 0 Å². The highest BCUT2D eigenvalue weighted by atomic mass is 79.9. The van der Waals surface area contributed by atoms with E-state index in [0.717, 1.165) is 26.1 Å². The van der Waals surface area contributed by atoms with Crippen molar-refractivity contribution in [2.75, 3.05) is 5.75 Å². The van der Waals surface area contributed by atoms with E-state index in [1.807, 2.05) is 56.3 Å². The lowest BCUT2D eigenvalue weighted by atomic mass is 10.0. The van der Waals surface area contributed by atoms with Gasteiger partial charge in [-0.3, -0.25) is 4.79 Å². The minimum Gasteiger partial charge on any atom is -0.293 e. The average molecular weight is 335 g/mol. The summed E-state index contributed by atoms with van der Waals surface area (Å²) in [7, 11) is 0. The predicted molar refractivity (Wildman–Crippen MR) is 85.1 cm³/mol. The number of Topliss-reactive ketones (excluding diaryl/α,β-unsaturated/α-hetero) is 1. The van der Waals surface area contributed by atoms with Crippen LogP contribution in [0.5, 0.6) is 0 Å². The Labute approximate surface area is 126 Å². The van der Waals surface area contributed by atoms with Crippen LogP contribution in [0.2, 0.25) is 0 Å². The molecule has 0 aliphatic rings. The van der Waals surface area contributed by atoms with E-state index in [0.29, 0.717) is 5.75 Å². The van der Waals surface area contributed by atoms with Crippen molar-refractivity contribution >= 4 is 33.5 Å². The molecule has 0 fully saturated rings. The van der Waals surface area contributed by atoms with Gasteiger partial charge in [-0.05, 0) is 43.7 Å². The third-order valence-electron chi connectivity index (χ3n) is 2.86. The van der Waals surface area contributed by atoms with E-state index < -0.39 is 0 Å². The third-order valence-corrected chi connectivity index (χ3v) is 4.35. The second kappa shape index (κ2) is 6.40. The van der Waals surface area contributed by atoms with Crippen molar-refractivity contribution in [2.24, 2.45) is 0 Å². The van der Waals surface area contributed by atoms with E-state index in [4.69, 9.17) is 0 Å². The molecule has 0 amide bonds. The van der Waals surface area contributed by atoms with E-state index in [9.17, 15) is 4.79 Å². The van der Waals surface area contributed by atoms with Crippen molar-refractivity contribution in [2.45, 2.75) is 18.7 Å². The van der Waals surface area contributed by atoms with Gasteiger partial charge >= 0.3 is 0 Å². The smallest absolute Gasteiger partial charge is 0.173 e. The fourth-order valence-corrected chi connectivity index (χ4v) is 3.21. The molecule has 0 aromatic heterocycles. The van der Waals surface area contributed by atoms with E-state index in [1.165, 1.54) is 0 Å². The Kier molecular flexibility index (Phi) is 4.83. The molecule has 0 saturated heterocycles. The second-order valence-corrected chi connectivity index (χ2v) is 6.45. The maximum atomic E-state index is 12.2. The molecule has 1 nitrogen and oxygen atoms in total. The van der Waals surface area contributed by atoms with E-state index >= 15 is 0 Å². The van der Waals surface area contributed by atoms with Crippen LogP contribution in [-0.4, -0.2) is 11.5 Å². The number of halogens is 1. The third kappa shape index (κ3) is 3.95. The normalized spacial score (nSPS) is 10.5. The molecule has 2 aromatic rings. The van der Waals surface area contributed by atoms with Crippen LogP contribution in [0.15, 0.2) is 51.8 Å². The van der Waals surface area contributed by atoms with Crippen molar-refractivity contribution < 1.29 is 4.79 Å². The van der Waals surface area contributed by atoms with Crippen molar-refractivity contribution in [1.29, 1.82) is 0 Å². The Bertz CT molecular complexity index is 607. The number of benzene rings is 2. The summed E-state index contributed by atoms with van der Waals surface area (Å²) in [5, 5.41) is 0.